The Morgan fingerprint density at radius 3 is 2.00 bits per heavy atom. The van der Waals surface area contributed by atoms with Gasteiger partial charge >= 0.3 is 6.18 Å². The Balaban J connectivity index is 1.84. The zero-order valence-electron chi connectivity index (χ0n) is 14.9. The number of carbonyl (C=O) groups excluding carboxylic acids is 2. The summed E-state index contributed by atoms with van der Waals surface area (Å²) in [6.45, 7) is 0. The summed E-state index contributed by atoms with van der Waals surface area (Å²) in [5, 5.41) is 10.4. The van der Waals surface area contributed by atoms with Crippen molar-refractivity contribution in [2.45, 2.75) is 6.18 Å². The second-order valence-corrected chi connectivity index (χ2v) is 6.18. The van der Waals surface area contributed by atoms with Gasteiger partial charge in [0.05, 0.1) is 11.3 Å². The van der Waals surface area contributed by atoms with Gasteiger partial charge in [0.25, 0.3) is 5.91 Å². The van der Waals surface area contributed by atoms with Crippen LogP contribution in [0.25, 0.3) is 11.1 Å². The van der Waals surface area contributed by atoms with Crippen LogP contribution in [-0.4, -0.2) is 17.0 Å². The standard InChI is InChI=1S/C21H15F3N2O3/c22-21(23,24)17-8-10-18(11-9-17)26(29)20(28)16-3-1-2-15(12-16)13-4-6-14(7-5-13)19(25)27/h1-12,29H,(H2,25,27). The predicted octanol–water partition coefficient (Wildman–Crippen LogP) is 4.51. The second-order valence-electron chi connectivity index (χ2n) is 6.18. The van der Waals surface area contributed by atoms with Crippen molar-refractivity contribution in [3.05, 3.63) is 89.5 Å². The molecule has 3 aromatic carbocycles. The van der Waals surface area contributed by atoms with Crippen LogP contribution in [0.1, 0.15) is 26.3 Å². The highest BCUT2D eigenvalue weighted by molar-refractivity contribution is 6.05. The maximum absolute atomic E-state index is 12.7. The molecule has 3 aromatic rings. The van der Waals surface area contributed by atoms with E-state index in [0.717, 1.165) is 24.3 Å². The number of hydrogen-bond acceptors (Lipinski definition) is 3. The monoisotopic (exact) mass is 400 g/mol. The third-order valence-corrected chi connectivity index (χ3v) is 4.24. The molecule has 0 atom stereocenters. The molecular weight excluding hydrogens is 385 g/mol. The maximum atomic E-state index is 12.7. The number of hydroxylamine groups is 1. The van der Waals surface area contributed by atoms with Gasteiger partial charge in [-0.05, 0) is 59.7 Å². The summed E-state index contributed by atoms with van der Waals surface area (Å²) in [6.07, 6.45) is -4.51. The molecule has 3 N–H and O–H groups in total. The summed E-state index contributed by atoms with van der Waals surface area (Å²) < 4.78 is 38.0. The van der Waals surface area contributed by atoms with E-state index in [1.54, 1.807) is 36.4 Å². The van der Waals surface area contributed by atoms with E-state index in [-0.39, 0.29) is 16.3 Å². The molecular formula is C21H15F3N2O3. The molecule has 148 valence electrons. The van der Waals surface area contributed by atoms with E-state index >= 15 is 0 Å². The van der Waals surface area contributed by atoms with E-state index in [4.69, 9.17) is 5.73 Å². The molecule has 0 aromatic heterocycles. The topological polar surface area (TPSA) is 83.6 Å². The van der Waals surface area contributed by atoms with Crippen molar-refractivity contribution in [3.63, 3.8) is 0 Å². The third-order valence-electron chi connectivity index (χ3n) is 4.24. The Morgan fingerprint density at radius 2 is 1.45 bits per heavy atom. The lowest BCUT2D eigenvalue weighted by molar-refractivity contribution is -0.137. The maximum Gasteiger partial charge on any atom is 0.416 e. The fourth-order valence-electron chi connectivity index (χ4n) is 2.69. The van der Waals surface area contributed by atoms with Crippen LogP contribution in [0.15, 0.2) is 72.8 Å². The SMILES string of the molecule is NC(=O)c1ccc(-c2cccc(C(=O)N(O)c3ccc(C(F)(F)F)cc3)c2)cc1. The molecule has 0 aliphatic carbocycles. The Morgan fingerprint density at radius 1 is 0.828 bits per heavy atom. The van der Waals surface area contributed by atoms with Gasteiger partial charge < -0.3 is 5.73 Å². The van der Waals surface area contributed by atoms with Crippen LogP contribution in [0.3, 0.4) is 0 Å². The van der Waals surface area contributed by atoms with Crippen LogP contribution in [0.4, 0.5) is 18.9 Å². The Hall–Kier alpha value is -3.65. The summed E-state index contributed by atoms with van der Waals surface area (Å²) in [5.74, 6) is -1.37. The van der Waals surface area contributed by atoms with Gasteiger partial charge in [0, 0.05) is 11.1 Å². The zero-order chi connectivity index (χ0) is 21.2. The van der Waals surface area contributed by atoms with Crippen LogP contribution >= 0.6 is 0 Å². The summed E-state index contributed by atoms with van der Waals surface area (Å²) in [6, 6.07) is 16.3. The number of benzene rings is 3. The number of carbonyl (C=O) groups is 2. The quantitative estimate of drug-likeness (QED) is 0.499. The van der Waals surface area contributed by atoms with Gasteiger partial charge in [-0.25, -0.2) is 0 Å². The number of rotatable bonds is 4. The number of amides is 2. The molecule has 0 aliphatic heterocycles. The Bertz CT molecular complexity index is 1050. The molecule has 2 amide bonds. The predicted molar refractivity (Wildman–Crippen MR) is 100 cm³/mol. The number of halogens is 3. The molecule has 29 heavy (non-hydrogen) atoms. The minimum atomic E-state index is -4.51. The highest BCUT2D eigenvalue weighted by atomic mass is 19.4. The lowest BCUT2D eigenvalue weighted by Crippen LogP contribution is -2.27. The first-order valence-electron chi connectivity index (χ1n) is 8.38. The molecule has 0 saturated carbocycles. The molecule has 0 fully saturated rings. The van der Waals surface area contributed by atoms with E-state index < -0.39 is 23.6 Å². The van der Waals surface area contributed by atoms with E-state index in [2.05, 4.69) is 0 Å². The average Bonchev–Trinajstić information content (AvgIpc) is 2.72. The lowest BCUT2D eigenvalue weighted by Gasteiger charge is -2.16. The smallest absolute Gasteiger partial charge is 0.366 e. The summed E-state index contributed by atoms with van der Waals surface area (Å²) >= 11 is 0. The number of hydrogen-bond donors (Lipinski definition) is 2. The minimum Gasteiger partial charge on any atom is -0.366 e. The number of anilines is 1. The third kappa shape index (κ3) is 4.44. The van der Waals surface area contributed by atoms with E-state index in [1.807, 2.05) is 0 Å². The van der Waals surface area contributed by atoms with Crippen LogP contribution in [-0.2, 0) is 6.18 Å². The van der Waals surface area contributed by atoms with E-state index in [1.165, 1.54) is 12.1 Å². The van der Waals surface area contributed by atoms with Crippen molar-refractivity contribution in [1.82, 2.24) is 0 Å². The summed E-state index contributed by atoms with van der Waals surface area (Å²) in [7, 11) is 0. The Kier molecular flexibility index (Phi) is 5.38. The largest absolute Gasteiger partial charge is 0.416 e. The van der Waals surface area contributed by atoms with Gasteiger partial charge in [-0.1, -0.05) is 24.3 Å². The number of primary amides is 1. The zero-order valence-corrected chi connectivity index (χ0v) is 14.9. The molecule has 8 heteroatoms. The van der Waals surface area contributed by atoms with Crippen molar-refractivity contribution < 1.29 is 28.0 Å². The lowest BCUT2D eigenvalue weighted by atomic mass is 10.0. The molecule has 0 unspecified atom stereocenters. The molecule has 0 bridgehead atoms. The fraction of sp³-hybridized carbons (Fsp3) is 0.0476. The first kappa shape index (κ1) is 20.1. The number of nitrogens with two attached hydrogens (primary N) is 1. The van der Waals surface area contributed by atoms with Gasteiger partial charge in [0.1, 0.15) is 0 Å². The first-order valence-corrected chi connectivity index (χ1v) is 8.38. The van der Waals surface area contributed by atoms with Crippen LogP contribution in [0.2, 0.25) is 0 Å². The van der Waals surface area contributed by atoms with Crippen LogP contribution in [0.5, 0.6) is 0 Å². The summed E-state index contributed by atoms with van der Waals surface area (Å²) in [4.78, 5) is 23.7. The highest BCUT2D eigenvalue weighted by Gasteiger charge is 2.30. The fourth-order valence-corrected chi connectivity index (χ4v) is 2.69. The van der Waals surface area contributed by atoms with Crippen molar-refractivity contribution >= 4 is 17.5 Å². The van der Waals surface area contributed by atoms with Crippen molar-refractivity contribution in [2.24, 2.45) is 5.73 Å². The molecule has 0 aliphatic rings. The normalized spacial score (nSPS) is 11.2. The minimum absolute atomic E-state index is 0.0979. The summed E-state index contributed by atoms with van der Waals surface area (Å²) in [5.41, 5.74) is 6.05. The number of alkyl halides is 3. The first-order chi connectivity index (χ1) is 13.7. The van der Waals surface area contributed by atoms with Gasteiger partial charge in [0.2, 0.25) is 5.91 Å². The van der Waals surface area contributed by atoms with Crippen molar-refractivity contribution in [3.8, 4) is 11.1 Å². The van der Waals surface area contributed by atoms with Gasteiger partial charge in [-0.2, -0.15) is 18.2 Å². The van der Waals surface area contributed by atoms with E-state index in [9.17, 15) is 28.0 Å². The van der Waals surface area contributed by atoms with Gasteiger partial charge in [-0.3, -0.25) is 14.8 Å². The Labute approximate surface area is 163 Å². The molecule has 0 radical (unpaired) electrons. The molecule has 0 saturated heterocycles. The molecule has 0 spiro atoms. The molecule has 0 heterocycles. The van der Waals surface area contributed by atoms with Crippen LogP contribution in [0, 0.1) is 0 Å². The average molecular weight is 400 g/mol. The number of nitrogens with zero attached hydrogens (tertiary/aromatic N) is 1. The second kappa shape index (κ2) is 7.76. The van der Waals surface area contributed by atoms with Crippen molar-refractivity contribution in [1.29, 1.82) is 0 Å². The molecule has 5 nitrogen and oxygen atoms in total. The van der Waals surface area contributed by atoms with Gasteiger partial charge in [0.15, 0.2) is 0 Å². The highest BCUT2D eigenvalue weighted by Crippen LogP contribution is 2.30. The van der Waals surface area contributed by atoms with Gasteiger partial charge in [-0.15, -0.1) is 0 Å². The van der Waals surface area contributed by atoms with E-state index in [0.29, 0.717) is 16.7 Å². The molecule has 3 rings (SSSR count). The van der Waals surface area contributed by atoms with Crippen molar-refractivity contribution in [2.75, 3.05) is 5.06 Å². The van der Waals surface area contributed by atoms with Crippen LogP contribution < -0.4 is 10.8 Å².